The molecule has 0 amide bonds. The Bertz CT molecular complexity index is 731. The summed E-state index contributed by atoms with van der Waals surface area (Å²) in [5, 5.41) is 30.9. The first-order chi connectivity index (χ1) is 9.65. The molecule has 3 rings (SSSR count). The molecule has 0 spiro atoms. The number of benzene rings is 2. The van der Waals surface area contributed by atoms with Crippen LogP contribution in [0.1, 0.15) is 18.5 Å². The van der Waals surface area contributed by atoms with Crippen molar-refractivity contribution < 1.29 is 10.2 Å². The second-order valence-electron chi connectivity index (χ2n) is 4.75. The van der Waals surface area contributed by atoms with Crippen LogP contribution in [-0.2, 0) is 0 Å². The van der Waals surface area contributed by atoms with Crippen molar-refractivity contribution in [2.75, 3.05) is 5.32 Å². The lowest BCUT2D eigenvalue weighted by Crippen LogP contribution is -2.07. The van der Waals surface area contributed by atoms with Crippen molar-refractivity contribution >= 4 is 16.6 Å². The average Bonchev–Trinajstić information content (AvgIpc) is 2.85. The van der Waals surface area contributed by atoms with Crippen LogP contribution >= 0.6 is 0 Å². The normalized spacial score (nSPS) is 12.4. The maximum atomic E-state index is 9.86. The number of hydrogen-bond donors (Lipinski definition) is 4. The highest BCUT2D eigenvalue weighted by atomic mass is 16.3. The van der Waals surface area contributed by atoms with Crippen molar-refractivity contribution in [2.24, 2.45) is 0 Å². The molecule has 1 unspecified atom stereocenters. The van der Waals surface area contributed by atoms with Crippen LogP contribution in [0.4, 0.5) is 5.69 Å². The van der Waals surface area contributed by atoms with Gasteiger partial charge in [-0.05, 0) is 37.3 Å². The van der Waals surface area contributed by atoms with E-state index in [9.17, 15) is 10.2 Å². The van der Waals surface area contributed by atoms with Gasteiger partial charge in [0.15, 0.2) is 0 Å². The fraction of sp³-hybridized carbons (Fsp3) is 0.133. The summed E-state index contributed by atoms with van der Waals surface area (Å²) < 4.78 is 0. The summed E-state index contributed by atoms with van der Waals surface area (Å²) in [6.45, 7) is 1.88. The second kappa shape index (κ2) is 4.77. The molecule has 0 saturated heterocycles. The van der Waals surface area contributed by atoms with E-state index in [2.05, 4.69) is 15.5 Å². The number of H-pyrrole nitrogens is 1. The summed E-state index contributed by atoms with van der Waals surface area (Å²) in [5.74, 6) is 0.153. The van der Waals surface area contributed by atoms with E-state index in [0.717, 1.165) is 16.6 Å². The quantitative estimate of drug-likeness (QED) is 0.589. The SMILES string of the molecule is CC(Nc1ccc2cn[nH]c2c1)c1c(O)cccc1O. The number of anilines is 1. The van der Waals surface area contributed by atoms with E-state index in [1.807, 2.05) is 25.1 Å². The van der Waals surface area contributed by atoms with Gasteiger partial charge < -0.3 is 15.5 Å². The molecule has 5 nitrogen and oxygen atoms in total. The van der Waals surface area contributed by atoms with Gasteiger partial charge in [-0.3, -0.25) is 5.10 Å². The first-order valence-corrected chi connectivity index (χ1v) is 6.35. The number of nitrogens with zero attached hydrogens (tertiary/aromatic N) is 1. The summed E-state index contributed by atoms with van der Waals surface area (Å²) >= 11 is 0. The molecule has 0 aliphatic rings. The predicted octanol–water partition coefficient (Wildman–Crippen LogP) is 3.15. The molecule has 1 heterocycles. The molecule has 2 aromatic carbocycles. The lowest BCUT2D eigenvalue weighted by molar-refractivity contribution is 0.434. The third-order valence-corrected chi connectivity index (χ3v) is 3.32. The topological polar surface area (TPSA) is 81.2 Å². The molecular weight excluding hydrogens is 254 g/mol. The van der Waals surface area contributed by atoms with Crippen LogP contribution in [0, 0.1) is 0 Å². The first-order valence-electron chi connectivity index (χ1n) is 6.35. The van der Waals surface area contributed by atoms with Gasteiger partial charge in [0.05, 0.1) is 23.3 Å². The fourth-order valence-electron chi connectivity index (χ4n) is 2.33. The Labute approximate surface area is 115 Å². The highest BCUT2D eigenvalue weighted by Crippen LogP contribution is 2.34. The minimum absolute atomic E-state index is 0.0765. The number of aromatic nitrogens is 2. The molecule has 20 heavy (non-hydrogen) atoms. The number of nitrogens with one attached hydrogen (secondary N) is 2. The summed E-state index contributed by atoms with van der Waals surface area (Å²) in [6.07, 6.45) is 1.76. The van der Waals surface area contributed by atoms with Gasteiger partial charge in [0.2, 0.25) is 0 Å². The van der Waals surface area contributed by atoms with Crippen LogP contribution in [-0.4, -0.2) is 20.4 Å². The Morgan fingerprint density at radius 3 is 2.65 bits per heavy atom. The molecule has 0 bridgehead atoms. The number of aromatic amines is 1. The average molecular weight is 269 g/mol. The largest absolute Gasteiger partial charge is 0.507 e. The summed E-state index contributed by atoms with van der Waals surface area (Å²) in [5.41, 5.74) is 2.30. The standard InChI is InChI=1S/C15H15N3O2/c1-9(15-13(19)3-2-4-14(15)20)17-11-6-5-10-8-16-18-12(10)7-11/h2-9,17,19-20H,1H3,(H,16,18). The minimum atomic E-state index is -0.225. The molecule has 5 heteroatoms. The van der Waals surface area contributed by atoms with Gasteiger partial charge in [0.1, 0.15) is 11.5 Å². The van der Waals surface area contributed by atoms with Gasteiger partial charge in [-0.1, -0.05) is 6.07 Å². The highest BCUT2D eigenvalue weighted by molar-refractivity contribution is 5.81. The number of aromatic hydroxyl groups is 2. The number of phenols is 2. The van der Waals surface area contributed by atoms with Crippen molar-refractivity contribution in [1.82, 2.24) is 10.2 Å². The molecule has 0 saturated carbocycles. The van der Waals surface area contributed by atoms with Crippen molar-refractivity contribution in [3.8, 4) is 11.5 Å². The van der Waals surface area contributed by atoms with E-state index < -0.39 is 0 Å². The summed E-state index contributed by atoms with van der Waals surface area (Å²) in [4.78, 5) is 0. The van der Waals surface area contributed by atoms with Gasteiger partial charge >= 0.3 is 0 Å². The Kier molecular flexibility index (Phi) is 2.95. The van der Waals surface area contributed by atoms with Gasteiger partial charge in [-0.15, -0.1) is 0 Å². The smallest absolute Gasteiger partial charge is 0.124 e. The number of fused-ring (bicyclic) bond motifs is 1. The lowest BCUT2D eigenvalue weighted by atomic mass is 10.1. The van der Waals surface area contributed by atoms with E-state index >= 15 is 0 Å². The zero-order chi connectivity index (χ0) is 14.1. The monoisotopic (exact) mass is 269 g/mol. The van der Waals surface area contributed by atoms with Gasteiger partial charge in [0, 0.05) is 11.1 Å². The second-order valence-corrected chi connectivity index (χ2v) is 4.75. The lowest BCUT2D eigenvalue weighted by Gasteiger charge is -2.18. The van der Waals surface area contributed by atoms with Crippen molar-refractivity contribution in [3.63, 3.8) is 0 Å². The zero-order valence-corrected chi connectivity index (χ0v) is 11.0. The molecule has 0 aliphatic carbocycles. The maximum absolute atomic E-state index is 9.86. The number of phenolic OH excluding ortho intramolecular Hbond substituents is 2. The minimum Gasteiger partial charge on any atom is -0.507 e. The van der Waals surface area contributed by atoms with E-state index in [-0.39, 0.29) is 17.5 Å². The van der Waals surface area contributed by atoms with E-state index in [4.69, 9.17) is 0 Å². The molecule has 0 radical (unpaired) electrons. The van der Waals surface area contributed by atoms with Crippen LogP contribution in [0.15, 0.2) is 42.6 Å². The molecule has 0 fully saturated rings. The first kappa shape index (κ1) is 12.3. The highest BCUT2D eigenvalue weighted by Gasteiger charge is 2.15. The van der Waals surface area contributed by atoms with Crippen LogP contribution in [0.25, 0.3) is 10.9 Å². The number of hydrogen-bond acceptors (Lipinski definition) is 4. The van der Waals surface area contributed by atoms with E-state index in [1.165, 1.54) is 0 Å². The number of rotatable bonds is 3. The van der Waals surface area contributed by atoms with Crippen molar-refractivity contribution in [3.05, 3.63) is 48.2 Å². The molecule has 102 valence electrons. The summed E-state index contributed by atoms with van der Waals surface area (Å²) in [7, 11) is 0. The zero-order valence-electron chi connectivity index (χ0n) is 11.0. The van der Waals surface area contributed by atoms with Crippen molar-refractivity contribution in [1.29, 1.82) is 0 Å². The molecule has 1 aromatic heterocycles. The van der Waals surface area contributed by atoms with Crippen LogP contribution < -0.4 is 5.32 Å². The van der Waals surface area contributed by atoms with Gasteiger partial charge in [0.25, 0.3) is 0 Å². The molecule has 1 atom stereocenters. The van der Waals surface area contributed by atoms with E-state index in [0.29, 0.717) is 5.56 Å². The Hall–Kier alpha value is -2.69. The fourth-order valence-corrected chi connectivity index (χ4v) is 2.33. The molecule has 4 N–H and O–H groups in total. The molecule has 3 aromatic rings. The Morgan fingerprint density at radius 1 is 1.15 bits per heavy atom. The van der Waals surface area contributed by atoms with Crippen LogP contribution in [0.2, 0.25) is 0 Å². The Morgan fingerprint density at radius 2 is 1.90 bits per heavy atom. The van der Waals surface area contributed by atoms with Crippen LogP contribution in [0.5, 0.6) is 11.5 Å². The van der Waals surface area contributed by atoms with Crippen LogP contribution in [0.3, 0.4) is 0 Å². The third-order valence-electron chi connectivity index (χ3n) is 3.32. The maximum Gasteiger partial charge on any atom is 0.124 e. The third kappa shape index (κ3) is 2.14. The van der Waals surface area contributed by atoms with Crippen molar-refractivity contribution in [2.45, 2.75) is 13.0 Å². The molecule has 0 aliphatic heterocycles. The summed E-state index contributed by atoms with van der Waals surface area (Å²) in [6, 6.07) is 10.3. The van der Waals surface area contributed by atoms with Gasteiger partial charge in [-0.25, -0.2) is 0 Å². The van der Waals surface area contributed by atoms with E-state index in [1.54, 1.807) is 24.4 Å². The van der Waals surface area contributed by atoms with Gasteiger partial charge in [-0.2, -0.15) is 5.10 Å². The molecular formula is C15H15N3O2. The predicted molar refractivity (Wildman–Crippen MR) is 77.9 cm³/mol. The Balaban J connectivity index is 1.90.